The molecule has 0 fully saturated rings. The van der Waals surface area contributed by atoms with E-state index < -0.39 is 0 Å². The number of nitrogens with two attached hydrogens (primary N) is 1. The second-order valence-electron chi connectivity index (χ2n) is 4.15. The van der Waals surface area contributed by atoms with Crippen LogP contribution in [0, 0.1) is 0 Å². The second kappa shape index (κ2) is 6.88. The minimum Gasteiger partial charge on any atom is -0.480 e. The Morgan fingerprint density at radius 2 is 2.40 bits per heavy atom. The van der Waals surface area contributed by atoms with Gasteiger partial charge in [0.15, 0.2) is 18.0 Å². The van der Waals surface area contributed by atoms with Crippen LogP contribution in [0.5, 0.6) is 5.75 Å². The summed E-state index contributed by atoms with van der Waals surface area (Å²) in [7, 11) is 1.58. The quantitative estimate of drug-likeness (QED) is 0.692. The van der Waals surface area contributed by atoms with Gasteiger partial charge in [0.1, 0.15) is 0 Å². The molecule has 0 aliphatic heterocycles. The van der Waals surface area contributed by atoms with Gasteiger partial charge in [-0.2, -0.15) is 0 Å². The van der Waals surface area contributed by atoms with Crippen LogP contribution in [-0.4, -0.2) is 42.2 Å². The lowest BCUT2D eigenvalue weighted by molar-refractivity contribution is -0.123. The maximum Gasteiger partial charge on any atom is 0.258 e. The number of carbonyl (C=O) groups is 1. The lowest BCUT2D eigenvalue weighted by Gasteiger charge is -2.08. The van der Waals surface area contributed by atoms with Crippen LogP contribution in [0.15, 0.2) is 24.5 Å². The van der Waals surface area contributed by atoms with Crippen LogP contribution in [0.2, 0.25) is 0 Å². The van der Waals surface area contributed by atoms with E-state index in [0.29, 0.717) is 31.1 Å². The van der Waals surface area contributed by atoms with Crippen LogP contribution in [0.3, 0.4) is 0 Å². The van der Waals surface area contributed by atoms with Crippen LogP contribution in [0.25, 0.3) is 5.65 Å². The molecule has 0 saturated carbocycles. The molecule has 0 aliphatic rings. The van der Waals surface area contributed by atoms with E-state index in [1.54, 1.807) is 19.4 Å². The molecule has 0 unspecified atom stereocenters. The lowest BCUT2D eigenvalue weighted by Crippen LogP contribution is -2.31. The molecule has 108 valence electrons. The van der Waals surface area contributed by atoms with Gasteiger partial charge < -0.3 is 20.5 Å². The van der Waals surface area contributed by atoms with Gasteiger partial charge in [-0.3, -0.25) is 9.20 Å². The van der Waals surface area contributed by atoms with Crippen LogP contribution in [-0.2, 0) is 16.1 Å². The molecule has 2 heterocycles. The molecule has 0 atom stereocenters. The molecule has 7 heteroatoms. The molecule has 1 amide bonds. The van der Waals surface area contributed by atoms with Gasteiger partial charge >= 0.3 is 0 Å². The topological polar surface area (TPSA) is 90.9 Å². The highest BCUT2D eigenvalue weighted by Crippen LogP contribution is 2.19. The largest absolute Gasteiger partial charge is 0.480 e. The van der Waals surface area contributed by atoms with Crippen molar-refractivity contribution in [2.45, 2.75) is 6.54 Å². The van der Waals surface area contributed by atoms with Crippen molar-refractivity contribution in [2.75, 3.05) is 26.9 Å². The lowest BCUT2D eigenvalue weighted by atomic mass is 10.4. The van der Waals surface area contributed by atoms with Crippen LogP contribution < -0.4 is 15.8 Å². The third-order valence-electron chi connectivity index (χ3n) is 2.77. The summed E-state index contributed by atoms with van der Waals surface area (Å²) in [6.07, 6.45) is 3.55. The van der Waals surface area contributed by atoms with Gasteiger partial charge in [-0.15, -0.1) is 0 Å². The number of fused-ring (bicyclic) bond motifs is 1. The molecule has 0 radical (unpaired) electrons. The Labute approximate surface area is 116 Å². The number of nitrogens with one attached hydrogen (secondary N) is 1. The number of hydrogen-bond acceptors (Lipinski definition) is 5. The molecular formula is C13H18N4O3. The van der Waals surface area contributed by atoms with Gasteiger partial charge in [-0.25, -0.2) is 4.98 Å². The highest BCUT2D eigenvalue weighted by molar-refractivity contribution is 5.77. The number of carbonyl (C=O) groups excluding carboxylic acids is 1. The van der Waals surface area contributed by atoms with Crippen LogP contribution >= 0.6 is 0 Å². The van der Waals surface area contributed by atoms with Crippen molar-refractivity contribution in [3.8, 4) is 5.75 Å². The summed E-state index contributed by atoms with van der Waals surface area (Å²) in [5, 5.41) is 2.68. The van der Waals surface area contributed by atoms with Crippen molar-refractivity contribution < 1.29 is 14.3 Å². The predicted molar refractivity (Wildman–Crippen MR) is 73.5 cm³/mol. The SMILES string of the molecule is COCCNC(=O)COc1cccn2c(CN)cnc12. The van der Waals surface area contributed by atoms with Crippen molar-refractivity contribution in [1.29, 1.82) is 0 Å². The Morgan fingerprint density at radius 3 is 3.15 bits per heavy atom. The maximum atomic E-state index is 11.5. The summed E-state index contributed by atoms with van der Waals surface area (Å²) in [4.78, 5) is 15.8. The fourth-order valence-electron chi connectivity index (χ4n) is 1.79. The van der Waals surface area contributed by atoms with Crippen molar-refractivity contribution in [3.63, 3.8) is 0 Å². The summed E-state index contributed by atoms with van der Waals surface area (Å²) in [6.45, 7) is 1.27. The van der Waals surface area contributed by atoms with E-state index in [1.165, 1.54) is 0 Å². The van der Waals surface area contributed by atoms with Gasteiger partial charge in [-0.1, -0.05) is 0 Å². The van der Waals surface area contributed by atoms with E-state index in [0.717, 1.165) is 5.69 Å². The zero-order valence-corrected chi connectivity index (χ0v) is 11.3. The van der Waals surface area contributed by atoms with E-state index in [-0.39, 0.29) is 12.5 Å². The Bertz CT molecular complexity index is 582. The second-order valence-corrected chi connectivity index (χ2v) is 4.15. The average Bonchev–Trinajstić information content (AvgIpc) is 2.89. The molecule has 2 aromatic rings. The number of imidazole rings is 1. The van der Waals surface area contributed by atoms with E-state index in [4.69, 9.17) is 15.2 Å². The first kappa shape index (κ1) is 14.3. The van der Waals surface area contributed by atoms with E-state index in [2.05, 4.69) is 10.3 Å². The number of aromatic nitrogens is 2. The first-order valence-electron chi connectivity index (χ1n) is 6.29. The number of rotatable bonds is 7. The fourth-order valence-corrected chi connectivity index (χ4v) is 1.79. The molecule has 0 aliphatic carbocycles. The smallest absolute Gasteiger partial charge is 0.258 e. The summed E-state index contributed by atoms with van der Waals surface area (Å²) < 4.78 is 12.2. The van der Waals surface area contributed by atoms with Crippen molar-refractivity contribution >= 4 is 11.6 Å². The number of nitrogens with zero attached hydrogens (tertiary/aromatic N) is 2. The molecule has 2 aromatic heterocycles. The van der Waals surface area contributed by atoms with Gasteiger partial charge in [-0.05, 0) is 12.1 Å². The zero-order chi connectivity index (χ0) is 14.4. The van der Waals surface area contributed by atoms with Gasteiger partial charge in [0.05, 0.1) is 18.5 Å². The minimum atomic E-state index is -0.199. The zero-order valence-electron chi connectivity index (χ0n) is 11.3. The summed E-state index contributed by atoms with van der Waals surface area (Å²) in [5.41, 5.74) is 7.16. The number of amides is 1. The standard InChI is InChI=1S/C13H18N4O3/c1-19-6-4-15-12(18)9-20-11-3-2-5-17-10(7-14)8-16-13(11)17/h2-3,5,8H,4,6-7,9,14H2,1H3,(H,15,18). The van der Waals surface area contributed by atoms with Crippen molar-refractivity contribution in [2.24, 2.45) is 5.73 Å². The molecular weight excluding hydrogens is 260 g/mol. The highest BCUT2D eigenvalue weighted by atomic mass is 16.5. The first-order chi connectivity index (χ1) is 9.76. The Kier molecular flexibility index (Phi) is 4.91. The molecule has 3 N–H and O–H groups in total. The van der Waals surface area contributed by atoms with Crippen LogP contribution in [0.4, 0.5) is 0 Å². The number of hydrogen-bond donors (Lipinski definition) is 2. The number of ether oxygens (including phenoxy) is 2. The van der Waals surface area contributed by atoms with Gasteiger partial charge in [0.25, 0.3) is 5.91 Å². The average molecular weight is 278 g/mol. The molecule has 0 bridgehead atoms. The molecule has 0 spiro atoms. The molecule has 2 rings (SSSR count). The van der Waals surface area contributed by atoms with E-state index >= 15 is 0 Å². The minimum absolute atomic E-state index is 0.0613. The number of methoxy groups -OCH3 is 1. The normalized spacial score (nSPS) is 10.7. The van der Waals surface area contributed by atoms with E-state index in [1.807, 2.05) is 16.7 Å². The molecule has 0 saturated heterocycles. The Morgan fingerprint density at radius 1 is 1.55 bits per heavy atom. The van der Waals surface area contributed by atoms with Crippen molar-refractivity contribution in [3.05, 3.63) is 30.2 Å². The Balaban J connectivity index is 1.99. The van der Waals surface area contributed by atoms with Crippen LogP contribution in [0.1, 0.15) is 5.69 Å². The third-order valence-corrected chi connectivity index (χ3v) is 2.77. The van der Waals surface area contributed by atoms with Gasteiger partial charge in [0, 0.05) is 26.4 Å². The number of pyridine rings is 1. The maximum absolute atomic E-state index is 11.5. The summed E-state index contributed by atoms with van der Waals surface area (Å²) in [5.74, 6) is 0.351. The van der Waals surface area contributed by atoms with Crippen molar-refractivity contribution in [1.82, 2.24) is 14.7 Å². The summed E-state index contributed by atoms with van der Waals surface area (Å²) in [6, 6.07) is 3.59. The van der Waals surface area contributed by atoms with Gasteiger partial charge in [0.2, 0.25) is 0 Å². The molecule has 0 aromatic carbocycles. The summed E-state index contributed by atoms with van der Waals surface area (Å²) >= 11 is 0. The highest BCUT2D eigenvalue weighted by Gasteiger charge is 2.09. The fraction of sp³-hybridized carbons (Fsp3) is 0.385. The monoisotopic (exact) mass is 278 g/mol. The van der Waals surface area contributed by atoms with E-state index in [9.17, 15) is 4.79 Å². The third kappa shape index (κ3) is 3.25. The molecule has 20 heavy (non-hydrogen) atoms. The Hall–Kier alpha value is -2.12. The first-order valence-corrected chi connectivity index (χ1v) is 6.29. The molecule has 7 nitrogen and oxygen atoms in total. The predicted octanol–water partition coefficient (Wildman–Crippen LogP) is -0.0656.